The lowest BCUT2D eigenvalue weighted by molar-refractivity contribution is -0.120. The third-order valence-corrected chi connectivity index (χ3v) is 6.35. The Kier molecular flexibility index (Phi) is 6.69. The highest BCUT2D eigenvalue weighted by Gasteiger charge is 2.22. The molecule has 7 heteroatoms. The van der Waals surface area contributed by atoms with Crippen molar-refractivity contribution < 1.29 is 4.79 Å². The summed E-state index contributed by atoms with van der Waals surface area (Å²) in [5.74, 6) is 0.102. The number of nitrogens with one attached hydrogen (secondary N) is 2. The standard InChI is InChI=1S/C18H24N4OS2/c1-13(16(23)20-15-9-5-6-10-15)24-18-22-21-17(25-18)19-12-11-14-7-3-2-4-8-14/h2-4,7-8,13,15H,5-6,9-12H2,1H3,(H,19,21)(H,20,23)/t13-/m0/s1. The zero-order valence-corrected chi connectivity index (χ0v) is 16.0. The van der Waals surface area contributed by atoms with Crippen LogP contribution in [0.15, 0.2) is 34.7 Å². The quantitative estimate of drug-likeness (QED) is 0.687. The van der Waals surface area contributed by atoms with Crippen molar-refractivity contribution in [1.82, 2.24) is 15.5 Å². The van der Waals surface area contributed by atoms with Crippen molar-refractivity contribution in [2.75, 3.05) is 11.9 Å². The van der Waals surface area contributed by atoms with Crippen molar-refractivity contribution in [3.8, 4) is 0 Å². The van der Waals surface area contributed by atoms with Gasteiger partial charge in [-0.2, -0.15) is 0 Å². The Labute approximate surface area is 157 Å². The Morgan fingerprint density at radius 1 is 1.28 bits per heavy atom. The molecule has 134 valence electrons. The first kappa shape index (κ1) is 18.2. The number of anilines is 1. The molecule has 1 aliphatic carbocycles. The number of thioether (sulfide) groups is 1. The summed E-state index contributed by atoms with van der Waals surface area (Å²) < 4.78 is 0.830. The number of carbonyl (C=O) groups excluding carboxylic acids is 1. The molecule has 0 aliphatic heterocycles. The van der Waals surface area contributed by atoms with Gasteiger partial charge in [-0.25, -0.2) is 0 Å². The predicted molar refractivity (Wildman–Crippen MR) is 104 cm³/mol. The second kappa shape index (κ2) is 9.20. The van der Waals surface area contributed by atoms with E-state index >= 15 is 0 Å². The van der Waals surface area contributed by atoms with Crippen LogP contribution in [-0.4, -0.2) is 33.9 Å². The van der Waals surface area contributed by atoms with Crippen LogP contribution in [-0.2, 0) is 11.2 Å². The van der Waals surface area contributed by atoms with E-state index in [0.717, 1.165) is 35.3 Å². The highest BCUT2D eigenvalue weighted by Crippen LogP contribution is 2.29. The van der Waals surface area contributed by atoms with E-state index in [-0.39, 0.29) is 11.2 Å². The lowest BCUT2D eigenvalue weighted by Gasteiger charge is -2.15. The van der Waals surface area contributed by atoms with E-state index in [0.29, 0.717) is 6.04 Å². The Morgan fingerprint density at radius 2 is 2.04 bits per heavy atom. The van der Waals surface area contributed by atoms with Crippen LogP contribution >= 0.6 is 23.1 Å². The molecule has 0 radical (unpaired) electrons. The van der Waals surface area contributed by atoms with Gasteiger partial charge in [-0.05, 0) is 31.7 Å². The topological polar surface area (TPSA) is 66.9 Å². The third kappa shape index (κ3) is 5.71. The van der Waals surface area contributed by atoms with Crippen LogP contribution < -0.4 is 10.6 Å². The normalized spacial score (nSPS) is 15.9. The molecule has 1 aromatic heterocycles. The molecule has 1 amide bonds. The van der Waals surface area contributed by atoms with Crippen LogP contribution in [0.1, 0.15) is 38.2 Å². The van der Waals surface area contributed by atoms with Gasteiger partial charge in [0.15, 0.2) is 4.34 Å². The molecule has 5 nitrogen and oxygen atoms in total. The van der Waals surface area contributed by atoms with E-state index in [2.05, 4.69) is 33.0 Å². The Morgan fingerprint density at radius 3 is 2.80 bits per heavy atom. The van der Waals surface area contributed by atoms with Crippen molar-refractivity contribution >= 4 is 34.1 Å². The molecule has 1 aliphatic rings. The van der Waals surface area contributed by atoms with Crippen LogP contribution in [0.5, 0.6) is 0 Å². The van der Waals surface area contributed by atoms with E-state index in [1.54, 1.807) is 0 Å². The van der Waals surface area contributed by atoms with Crippen molar-refractivity contribution in [1.29, 1.82) is 0 Å². The first-order valence-corrected chi connectivity index (χ1v) is 10.5. The molecule has 3 rings (SSSR count). The van der Waals surface area contributed by atoms with Crippen molar-refractivity contribution in [2.24, 2.45) is 0 Å². The van der Waals surface area contributed by atoms with E-state index < -0.39 is 0 Å². The van der Waals surface area contributed by atoms with E-state index in [4.69, 9.17) is 0 Å². The SMILES string of the molecule is C[C@H](Sc1nnc(NCCc2ccccc2)s1)C(=O)NC1CCCC1. The zero-order chi connectivity index (χ0) is 17.5. The van der Waals surface area contributed by atoms with E-state index in [9.17, 15) is 4.79 Å². The van der Waals surface area contributed by atoms with Gasteiger partial charge in [0.05, 0.1) is 5.25 Å². The van der Waals surface area contributed by atoms with Crippen LogP contribution in [0.2, 0.25) is 0 Å². The average Bonchev–Trinajstić information content (AvgIpc) is 3.28. The lowest BCUT2D eigenvalue weighted by Crippen LogP contribution is -2.37. The number of rotatable bonds is 8. The molecule has 0 saturated heterocycles. The van der Waals surface area contributed by atoms with Gasteiger partial charge in [0.25, 0.3) is 0 Å². The fourth-order valence-electron chi connectivity index (χ4n) is 2.88. The van der Waals surface area contributed by atoms with E-state index in [1.807, 2.05) is 25.1 Å². The Hall–Kier alpha value is -1.60. The third-order valence-electron chi connectivity index (χ3n) is 4.29. The van der Waals surface area contributed by atoms with Gasteiger partial charge < -0.3 is 10.6 Å². The zero-order valence-electron chi connectivity index (χ0n) is 14.4. The summed E-state index contributed by atoms with van der Waals surface area (Å²) in [4.78, 5) is 12.2. The van der Waals surface area contributed by atoms with Gasteiger partial charge in [-0.15, -0.1) is 10.2 Å². The number of carbonyl (C=O) groups is 1. The van der Waals surface area contributed by atoms with Gasteiger partial charge in [-0.3, -0.25) is 4.79 Å². The van der Waals surface area contributed by atoms with Crippen LogP contribution in [0.4, 0.5) is 5.13 Å². The maximum absolute atomic E-state index is 12.2. The molecular formula is C18H24N4OS2. The van der Waals surface area contributed by atoms with E-state index in [1.165, 1.54) is 41.5 Å². The molecule has 1 heterocycles. The molecule has 25 heavy (non-hydrogen) atoms. The molecule has 0 spiro atoms. The molecule has 1 aromatic carbocycles. The van der Waals surface area contributed by atoms with Crippen molar-refractivity contribution in [3.05, 3.63) is 35.9 Å². The highest BCUT2D eigenvalue weighted by molar-refractivity contribution is 8.02. The number of amides is 1. The Bertz CT molecular complexity index is 671. The summed E-state index contributed by atoms with van der Waals surface area (Å²) >= 11 is 2.98. The largest absolute Gasteiger partial charge is 0.360 e. The van der Waals surface area contributed by atoms with Gasteiger partial charge in [-0.1, -0.05) is 66.3 Å². The monoisotopic (exact) mass is 376 g/mol. The van der Waals surface area contributed by atoms with Crippen molar-refractivity contribution in [2.45, 2.75) is 54.7 Å². The molecule has 2 aromatic rings. The minimum Gasteiger partial charge on any atom is -0.360 e. The predicted octanol–water partition coefficient (Wildman–Crippen LogP) is 3.73. The minimum absolute atomic E-state index is 0.102. The summed E-state index contributed by atoms with van der Waals surface area (Å²) in [6.45, 7) is 2.75. The molecular weight excluding hydrogens is 352 g/mol. The molecule has 0 unspecified atom stereocenters. The summed E-state index contributed by atoms with van der Waals surface area (Å²) in [6, 6.07) is 10.7. The van der Waals surface area contributed by atoms with Crippen LogP contribution in [0, 0.1) is 0 Å². The average molecular weight is 377 g/mol. The number of hydrogen-bond acceptors (Lipinski definition) is 6. The fourth-order valence-corrected chi connectivity index (χ4v) is 4.81. The second-order valence-electron chi connectivity index (χ2n) is 6.29. The summed E-state index contributed by atoms with van der Waals surface area (Å²) in [5, 5.41) is 15.5. The highest BCUT2D eigenvalue weighted by atomic mass is 32.2. The van der Waals surface area contributed by atoms with Gasteiger partial charge in [0.1, 0.15) is 0 Å². The fraction of sp³-hybridized carbons (Fsp3) is 0.500. The number of benzene rings is 1. The van der Waals surface area contributed by atoms with Gasteiger partial charge in [0, 0.05) is 12.6 Å². The summed E-state index contributed by atoms with van der Waals surface area (Å²) in [7, 11) is 0. The Balaban J connectivity index is 1.42. The lowest BCUT2D eigenvalue weighted by atomic mass is 10.2. The first-order valence-electron chi connectivity index (χ1n) is 8.79. The molecule has 2 N–H and O–H groups in total. The maximum atomic E-state index is 12.2. The van der Waals surface area contributed by atoms with Gasteiger partial charge >= 0.3 is 0 Å². The minimum atomic E-state index is -0.147. The number of nitrogens with zero attached hydrogens (tertiary/aromatic N) is 2. The smallest absolute Gasteiger partial charge is 0.233 e. The summed E-state index contributed by atoms with van der Waals surface area (Å²) in [5.41, 5.74) is 1.30. The van der Waals surface area contributed by atoms with Gasteiger partial charge in [0.2, 0.25) is 11.0 Å². The number of hydrogen-bond donors (Lipinski definition) is 2. The van der Waals surface area contributed by atoms with Crippen LogP contribution in [0.25, 0.3) is 0 Å². The molecule has 1 saturated carbocycles. The summed E-state index contributed by atoms with van der Waals surface area (Å²) in [6.07, 6.45) is 5.61. The maximum Gasteiger partial charge on any atom is 0.233 e. The second-order valence-corrected chi connectivity index (χ2v) is 8.85. The molecule has 1 atom stereocenters. The molecule has 0 bridgehead atoms. The van der Waals surface area contributed by atoms with Crippen molar-refractivity contribution in [3.63, 3.8) is 0 Å². The molecule has 1 fully saturated rings. The number of aromatic nitrogens is 2. The first-order chi connectivity index (χ1) is 12.2. The van der Waals surface area contributed by atoms with Crippen LogP contribution in [0.3, 0.4) is 0 Å².